The Morgan fingerprint density at radius 1 is 1.67 bits per heavy atom. The molecule has 12 heavy (non-hydrogen) atoms. The molecule has 0 fully saturated rings. The average Bonchev–Trinajstić information content (AvgIpc) is 2.04. The molecule has 0 aromatic carbocycles. The topological polar surface area (TPSA) is 34.9 Å². The second-order valence-corrected chi connectivity index (χ2v) is 4.00. The highest BCUT2D eigenvalue weighted by molar-refractivity contribution is 7.99. The molecular formula is C7H7ClN2OS. The van der Waals surface area contributed by atoms with Crippen molar-refractivity contribution in [1.82, 2.24) is 9.55 Å². The monoisotopic (exact) mass is 202 g/mol. The summed E-state index contributed by atoms with van der Waals surface area (Å²) >= 11 is 7.23. The maximum Gasteiger partial charge on any atom is 0.255 e. The Morgan fingerprint density at radius 3 is 3.33 bits per heavy atom. The summed E-state index contributed by atoms with van der Waals surface area (Å²) in [7, 11) is 0. The lowest BCUT2D eigenvalue weighted by Gasteiger charge is -2.15. The van der Waals surface area contributed by atoms with Gasteiger partial charge in [-0.2, -0.15) is 0 Å². The zero-order valence-electron chi connectivity index (χ0n) is 6.29. The van der Waals surface area contributed by atoms with Crippen LogP contribution in [0.25, 0.3) is 0 Å². The highest BCUT2D eigenvalue weighted by Gasteiger charge is 2.12. The van der Waals surface area contributed by atoms with Crippen molar-refractivity contribution >= 4 is 23.4 Å². The van der Waals surface area contributed by atoms with E-state index in [4.69, 9.17) is 11.6 Å². The van der Waals surface area contributed by atoms with Gasteiger partial charge in [0.2, 0.25) is 0 Å². The first-order valence-electron chi connectivity index (χ1n) is 3.67. The van der Waals surface area contributed by atoms with Crippen molar-refractivity contribution in [2.24, 2.45) is 0 Å². The van der Waals surface area contributed by atoms with E-state index in [0.29, 0.717) is 5.15 Å². The molecule has 0 saturated carbocycles. The van der Waals surface area contributed by atoms with Crippen LogP contribution in [0.5, 0.6) is 0 Å². The van der Waals surface area contributed by atoms with Crippen molar-refractivity contribution in [3.8, 4) is 0 Å². The van der Waals surface area contributed by atoms with Crippen LogP contribution in [0.15, 0.2) is 16.0 Å². The Kier molecular flexibility index (Phi) is 2.11. The van der Waals surface area contributed by atoms with Crippen LogP contribution >= 0.6 is 23.4 Å². The molecule has 2 heterocycles. The standard InChI is InChI=1S/C7H7ClN2OS/c8-5-4-6(11)10-2-1-3-12-7(10)9-5/h4H,1-3H2. The van der Waals surface area contributed by atoms with E-state index in [9.17, 15) is 4.79 Å². The summed E-state index contributed by atoms with van der Waals surface area (Å²) < 4.78 is 1.67. The Labute approximate surface area is 78.8 Å². The number of halogens is 1. The number of aromatic nitrogens is 2. The molecular weight excluding hydrogens is 196 g/mol. The SMILES string of the molecule is O=c1cc(Cl)nc2n1CCCS2. The summed E-state index contributed by atoms with van der Waals surface area (Å²) in [4.78, 5) is 15.4. The molecule has 0 aliphatic carbocycles. The highest BCUT2D eigenvalue weighted by Crippen LogP contribution is 2.21. The van der Waals surface area contributed by atoms with Gasteiger partial charge in [0, 0.05) is 18.4 Å². The number of nitrogens with zero attached hydrogens (tertiary/aromatic N) is 2. The van der Waals surface area contributed by atoms with Crippen molar-refractivity contribution in [2.75, 3.05) is 5.75 Å². The fourth-order valence-corrected chi connectivity index (χ4v) is 2.34. The third-order valence-corrected chi connectivity index (χ3v) is 2.96. The zero-order valence-corrected chi connectivity index (χ0v) is 7.86. The van der Waals surface area contributed by atoms with Gasteiger partial charge in [-0.15, -0.1) is 0 Å². The third kappa shape index (κ3) is 1.36. The largest absolute Gasteiger partial charge is 0.288 e. The summed E-state index contributed by atoms with van der Waals surface area (Å²) in [6.07, 6.45) is 1.03. The molecule has 0 saturated heterocycles. The van der Waals surface area contributed by atoms with Gasteiger partial charge in [0.1, 0.15) is 5.15 Å². The van der Waals surface area contributed by atoms with Gasteiger partial charge in [-0.25, -0.2) is 4.98 Å². The van der Waals surface area contributed by atoms with Crippen LogP contribution in [0.4, 0.5) is 0 Å². The second-order valence-electron chi connectivity index (χ2n) is 2.55. The van der Waals surface area contributed by atoms with Crippen molar-refractivity contribution in [3.05, 3.63) is 21.6 Å². The smallest absolute Gasteiger partial charge is 0.255 e. The molecule has 1 aromatic rings. The Balaban J connectivity index is 2.60. The fraction of sp³-hybridized carbons (Fsp3) is 0.429. The van der Waals surface area contributed by atoms with E-state index in [0.717, 1.165) is 23.9 Å². The molecule has 1 aromatic heterocycles. The molecule has 1 aliphatic rings. The quantitative estimate of drug-likeness (QED) is 0.471. The molecule has 0 radical (unpaired) electrons. The van der Waals surface area contributed by atoms with Crippen molar-refractivity contribution in [1.29, 1.82) is 0 Å². The Morgan fingerprint density at radius 2 is 2.50 bits per heavy atom. The van der Waals surface area contributed by atoms with Gasteiger partial charge in [0.15, 0.2) is 5.16 Å². The number of hydrogen-bond acceptors (Lipinski definition) is 3. The fourth-order valence-electron chi connectivity index (χ4n) is 1.16. The lowest BCUT2D eigenvalue weighted by atomic mass is 10.4. The summed E-state index contributed by atoms with van der Waals surface area (Å²) in [6.45, 7) is 0.769. The molecule has 1 aliphatic heterocycles. The molecule has 64 valence electrons. The molecule has 2 rings (SSSR count). The maximum atomic E-state index is 11.3. The van der Waals surface area contributed by atoms with E-state index in [-0.39, 0.29) is 5.56 Å². The van der Waals surface area contributed by atoms with E-state index >= 15 is 0 Å². The normalized spacial score (nSPS) is 15.8. The van der Waals surface area contributed by atoms with E-state index in [1.54, 1.807) is 16.3 Å². The van der Waals surface area contributed by atoms with Gasteiger partial charge >= 0.3 is 0 Å². The van der Waals surface area contributed by atoms with Crippen LogP contribution in [0.2, 0.25) is 5.15 Å². The zero-order chi connectivity index (χ0) is 8.55. The van der Waals surface area contributed by atoms with Crippen LogP contribution in [0.1, 0.15) is 6.42 Å². The molecule has 0 atom stereocenters. The Bertz CT molecular complexity index is 363. The summed E-state index contributed by atoms with van der Waals surface area (Å²) in [5, 5.41) is 1.04. The van der Waals surface area contributed by atoms with Crippen molar-refractivity contribution < 1.29 is 0 Å². The third-order valence-electron chi connectivity index (χ3n) is 1.70. The van der Waals surface area contributed by atoms with E-state index in [1.165, 1.54) is 6.07 Å². The number of hydrogen-bond donors (Lipinski definition) is 0. The predicted octanol–water partition coefficient (Wildman–Crippen LogP) is 1.39. The molecule has 0 amide bonds. The Hall–Kier alpha value is -0.480. The minimum Gasteiger partial charge on any atom is -0.288 e. The van der Waals surface area contributed by atoms with E-state index in [2.05, 4.69) is 4.98 Å². The van der Waals surface area contributed by atoms with Gasteiger partial charge in [-0.1, -0.05) is 23.4 Å². The second kappa shape index (κ2) is 3.11. The number of rotatable bonds is 0. The molecule has 0 N–H and O–H groups in total. The first-order chi connectivity index (χ1) is 5.77. The number of fused-ring (bicyclic) bond motifs is 1. The van der Waals surface area contributed by atoms with Crippen molar-refractivity contribution in [3.63, 3.8) is 0 Å². The lowest BCUT2D eigenvalue weighted by molar-refractivity contribution is 0.563. The van der Waals surface area contributed by atoms with Crippen LogP contribution in [0.3, 0.4) is 0 Å². The number of thioether (sulfide) groups is 1. The van der Waals surface area contributed by atoms with Crippen LogP contribution in [-0.4, -0.2) is 15.3 Å². The van der Waals surface area contributed by atoms with E-state index < -0.39 is 0 Å². The van der Waals surface area contributed by atoms with Gasteiger partial charge in [0.25, 0.3) is 5.56 Å². The summed E-state index contributed by atoms with van der Waals surface area (Å²) in [5.41, 5.74) is -0.0443. The minimum absolute atomic E-state index is 0.0443. The minimum atomic E-state index is -0.0443. The van der Waals surface area contributed by atoms with Crippen LogP contribution in [0, 0.1) is 0 Å². The first kappa shape index (κ1) is 8.13. The maximum absolute atomic E-state index is 11.3. The molecule has 0 spiro atoms. The predicted molar refractivity (Wildman–Crippen MR) is 48.8 cm³/mol. The van der Waals surface area contributed by atoms with Crippen LogP contribution in [-0.2, 0) is 6.54 Å². The van der Waals surface area contributed by atoms with Gasteiger partial charge in [-0.3, -0.25) is 9.36 Å². The summed E-state index contributed by atoms with van der Waals surface area (Å²) in [5.74, 6) is 1.02. The average molecular weight is 203 g/mol. The van der Waals surface area contributed by atoms with Gasteiger partial charge < -0.3 is 0 Å². The molecule has 0 unspecified atom stereocenters. The highest BCUT2D eigenvalue weighted by atomic mass is 35.5. The van der Waals surface area contributed by atoms with E-state index in [1.807, 2.05) is 0 Å². The van der Waals surface area contributed by atoms with Gasteiger partial charge in [0.05, 0.1) is 0 Å². The van der Waals surface area contributed by atoms with Gasteiger partial charge in [-0.05, 0) is 6.42 Å². The molecule has 0 bridgehead atoms. The molecule has 3 nitrogen and oxygen atoms in total. The van der Waals surface area contributed by atoms with Crippen LogP contribution < -0.4 is 5.56 Å². The lowest BCUT2D eigenvalue weighted by Crippen LogP contribution is -2.25. The first-order valence-corrected chi connectivity index (χ1v) is 5.04. The molecule has 5 heteroatoms. The van der Waals surface area contributed by atoms with Crippen molar-refractivity contribution in [2.45, 2.75) is 18.1 Å². The summed E-state index contributed by atoms with van der Waals surface area (Å²) in [6, 6.07) is 1.36.